The van der Waals surface area contributed by atoms with E-state index in [0.29, 0.717) is 23.9 Å². The molecular formula is C21H30N4O3S. The lowest BCUT2D eigenvalue weighted by Gasteiger charge is -2.15. The summed E-state index contributed by atoms with van der Waals surface area (Å²) in [6, 6.07) is 11.4. The standard InChI is InChI=1S/C21H30N4O3S/c1-15-7-9-18(19(12-15)28-5)14-24-21(22-4)23-10-11-25-29(26,27)20-13-16(2)6-8-17(20)3/h6-9,12-13,25H,10-11,14H2,1-5H3,(H2,22,23,24). The highest BCUT2D eigenvalue weighted by atomic mass is 32.2. The fraction of sp³-hybridized carbons (Fsp3) is 0.381. The van der Waals surface area contributed by atoms with Gasteiger partial charge in [0.15, 0.2) is 5.96 Å². The smallest absolute Gasteiger partial charge is 0.240 e. The van der Waals surface area contributed by atoms with Crippen molar-refractivity contribution in [2.45, 2.75) is 32.2 Å². The summed E-state index contributed by atoms with van der Waals surface area (Å²) in [7, 11) is -0.238. The van der Waals surface area contributed by atoms with Gasteiger partial charge in [0.05, 0.1) is 12.0 Å². The second kappa shape index (κ2) is 10.3. The molecule has 158 valence electrons. The lowest BCUT2D eigenvalue weighted by atomic mass is 10.1. The van der Waals surface area contributed by atoms with Crippen LogP contribution in [-0.4, -0.2) is 41.6 Å². The van der Waals surface area contributed by atoms with Crippen LogP contribution in [0.3, 0.4) is 0 Å². The number of benzene rings is 2. The Morgan fingerprint density at radius 3 is 2.38 bits per heavy atom. The number of guanidine groups is 1. The maximum Gasteiger partial charge on any atom is 0.240 e. The minimum atomic E-state index is -3.55. The molecule has 8 heteroatoms. The minimum Gasteiger partial charge on any atom is -0.496 e. The van der Waals surface area contributed by atoms with Crippen LogP contribution in [-0.2, 0) is 16.6 Å². The Balaban J connectivity index is 1.86. The van der Waals surface area contributed by atoms with Crippen molar-refractivity contribution in [3.05, 3.63) is 58.7 Å². The van der Waals surface area contributed by atoms with Crippen LogP contribution in [0, 0.1) is 20.8 Å². The number of methoxy groups -OCH3 is 1. The average Bonchev–Trinajstić information content (AvgIpc) is 2.69. The van der Waals surface area contributed by atoms with Crippen molar-refractivity contribution in [1.82, 2.24) is 15.4 Å². The Labute approximate surface area is 173 Å². The SMILES string of the molecule is CN=C(NCCNS(=O)(=O)c1cc(C)ccc1C)NCc1ccc(C)cc1OC. The summed E-state index contributed by atoms with van der Waals surface area (Å²) in [6.07, 6.45) is 0. The number of rotatable bonds is 8. The number of ether oxygens (including phenoxy) is 1. The number of hydrogen-bond donors (Lipinski definition) is 3. The summed E-state index contributed by atoms with van der Waals surface area (Å²) in [5.74, 6) is 1.40. The van der Waals surface area contributed by atoms with Crippen LogP contribution in [0.25, 0.3) is 0 Å². The highest BCUT2D eigenvalue weighted by Gasteiger charge is 2.16. The van der Waals surface area contributed by atoms with Gasteiger partial charge in [0.25, 0.3) is 0 Å². The second-order valence-electron chi connectivity index (χ2n) is 6.83. The first kappa shape index (κ1) is 22.7. The van der Waals surface area contributed by atoms with E-state index in [9.17, 15) is 8.42 Å². The lowest BCUT2D eigenvalue weighted by molar-refractivity contribution is 0.408. The van der Waals surface area contributed by atoms with Crippen LogP contribution in [0.4, 0.5) is 0 Å². The molecule has 29 heavy (non-hydrogen) atoms. The molecule has 0 fully saturated rings. The lowest BCUT2D eigenvalue weighted by Crippen LogP contribution is -2.41. The van der Waals surface area contributed by atoms with E-state index in [1.807, 2.05) is 44.2 Å². The molecule has 0 amide bonds. The fourth-order valence-corrected chi connectivity index (χ4v) is 4.20. The van der Waals surface area contributed by atoms with Crippen molar-refractivity contribution < 1.29 is 13.2 Å². The number of hydrogen-bond acceptors (Lipinski definition) is 4. The van der Waals surface area contributed by atoms with Gasteiger partial charge in [0, 0.05) is 32.2 Å². The molecule has 0 aliphatic heterocycles. The summed E-state index contributed by atoms with van der Waals surface area (Å²) in [6.45, 7) is 6.85. The predicted molar refractivity (Wildman–Crippen MR) is 117 cm³/mol. The van der Waals surface area contributed by atoms with Gasteiger partial charge >= 0.3 is 0 Å². The Morgan fingerprint density at radius 1 is 1.00 bits per heavy atom. The van der Waals surface area contributed by atoms with Gasteiger partial charge in [-0.2, -0.15) is 0 Å². The van der Waals surface area contributed by atoms with E-state index in [4.69, 9.17) is 4.74 Å². The first-order chi connectivity index (χ1) is 13.8. The van der Waals surface area contributed by atoms with Crippen molar-refractivity contribution in [3.63, 3.8) is 0 Å². The second-order valence-corrected chi connectivity index (χ2v) is 8.57. The number of aliphatic imine (C=N–C) groups is 1. The first-order valence-electron chi connectivity index (χ1n) is 9.42. The zero-order valence-electron chi connectivity index (χ0n) is 17.7. The first-order valence-corrected chi connectivity index (χ1v) is 10.9. The molecule has 0 spiro atoms. The molecule has 0 saturated carbocycles. The van der Waals surface area contributed by atoms with Crippen LogP contribution >= 0.6 is 0 Å². The number of nitrogens with zero attached hydrogens (tertiary/aromatic N) is 1. The van der Waals surface area contributed by atoms with E-state index in [-0.39, 0.29) is 6.54 Å². The summed E-state index contributed by atoms with van der Waals surface area (Å²) < 4.78 is 33.1. The van der Waals surface area contributed by atoms with Crippen molar-refractivity contribution in [3.8, 4) is 5.75 Å². The zero-order chi connectivity index (χ0) is 21.4. The summed E-state index contributed by atoms with van der Waals surface area (Å²) >= 11 is 0. The van der Waals surface area contributed by atoms with E-state index in [1.54, 1.807) is 27.1 Å². The molecule has 0 aromatic heterocycles. The highest BCUT2D eigenvalue weighted by Crippen LogP contribution is 2.19. The molecule has 0 aliphatic carbocycles. The number of nitrogens with one attached hydrogen (secondary N) is 3. The van der Waals surface area contributed by atoms with Gasteiger partial charge in [-0.05, 0) is 49.6 Å². The fourth-order valence-electron chi connectivity index (χ4n) is 2.84. The Morgan fingerprint density at radius 2 is 1.69 bits per heavy atom. The maximum atomic E-state index is 12.5. The van der Waals surface area contributed by atoms with Gasteiger partial charge in [-0.1, -0.05) is 24.3 Å². The summed E-state index contributed by atoms with van der Waals surface area (Å²) in [5.41, 5.74) is 3.77. The van der Waals surface area contributed by atoms with Crippen molar-refractivity contribution in [1.29, 1.82) is 0 Å². The predicted octanol–water partition coefficient (Wildman–Crippen LogP) is 2.26. The van der Waals surface area contributed by atoms with Crippen LogP contribution in [0.2, 0.25) is 0 Å². The van der Waals surface area contributed by atoms with Crippen LogP contribution < -0.4 is 20.1 Å². The molecule has 0 atom stereocenters. The molecule has 3 N–H and O–H groups in total. The molecule has 2 aromatic rings. The molecule has 0 heterocycles. The van der Waals surface area contributed by atoms with Crippen LogP contribution in [0.1, 0.15) is 22.3 Å². The van der Waals surface area contributed by atoms with E-state index >= 15 is 0 Å². The topological polar surface area (TPSA) is 91.8 Å². The van der Waals surface area contributed by atoms with E-state index < -0.39 is 10.0 Å². The molecule has 0 bridgehead atoms. The molecular weight excluding hydrogens is 388 g/mol. The van der Waals surface area contributed by atoms with Gasteiger partial charge in [-0.3, -0.25) is 4.99 Å². The highest BCUT2D eigenvalue weighted by molar-refractivity contribution is 7.89. The third-order valence-corrected chi connectivity index (χ3v) is 6.06. The van der Waals surface area contributed by atoms with E-state index in [2.05, 4.69) is 20.3 Å². The molecule has 0 saturated heterocycles. The largest absolute Gasteiger partial charge is 0.496 e. The molecule has 2 rings (SSSR count). The maximum absolute atomic E-state index is 12.5. The van der Waals surface area contributed by atoms with Crippen LogP contribution in [0.15, 0.2) is 46.3 Å². The summed E-state index contributed by atoms with van der Waals surface area (Å²) in [5, 5.41) is 6.32. The monoisotopic (exact) mass is 418 g/mol. The normalized spacial score (nSPS) is 12.0. The third-order valence-electron chi connectivity index (χ3n) is 4.46. The number of aryl methyl sites for hydroxylation is 3. The van der Waals surface area contributed by atoms with Gasteiger partial charge in [-0.25, -0.2) is 13.1 Å². The molecule has 0 aliphatic rings. The van der Waals surface area contributed by atoms with Crippen LogP contribution in [0.5, 0.6) is 5.75 Å². The van der Waals surface area contributed by atoms with Gasteiger partial charge < -0.3 is 15.4 Å². The van der Waals surface area contributed by atoms with Crippen molar-refractivity contribution in [2.75, 3.05) is 27.2 Å². The van der Waals surface area contributed by atoms with Crippen molar-refractivity contribution in [2.24, 2.45) is 4.99 Å². The van der Waals surface area contributed by atoms with Gasteiger partial charge in [-0.15, -0.1) is 0 Å². The summed E-state index contributed by atoms with van der Waals surface area (Å²) in [4.78, 5) is 4.48. The zero-order valence-corrected chi connectivity index (χ0v) is 18.5. The third kappa shape index (κ3) is 6.47. The molecule has 0 radical (unpaired) electrons. The number of sulfonamides is 1. The molecule has 2 aromatic carbocycles. The Kier molecular flexibility index (Phi) is 8.04. The van der Waals surface area contributed by atoms with Crippen molar-refractivity contribution >= 4 is 16.0 Å². The van der Waals surface area contributed by atoms with E-state index in [0.717, 1.165) is 28.0 Å². The Bertz CT molecular complexity index is 972. The average molecular weight is 419 g/mol. The van der Waals surface area contributed by atoms with E-state index in [1.165, 1.54) is 0 Å². The van der Waals surface area contributed by atoms with Gasteiger partial charge in [0.1, 0.15) is 5.75 Å². The Hall–Kier alpha value is -2.58. The quantitative estimate of drug-likeness (QED) is 0.347. The van der Waals surface area contributed by atoms with Gasteiger partial charge in [0.2, 0.25) is 10.0 Å². The molecule has 0 unspecified atom stereocenters. The molecule has 7 nitrogen and oxygen atoms in total. The minimum absolute atomic E-state index is 0.240.